The van der Waals surface area contributed by atoms with Gasteiger partial charge in [0.05, 0.1) is 0 Å². The topological polar surface area (TPSA) is 63.1 Å². The summed E-state index contributed by atoms with van der Waals surface area (Å²) in [5, 5.41) is 10.5. The largest absolute Gasteiger partial charge is 0.480 e. The van der Waals surface area contributed by atoms with Crippen LogP contribution in [0.3, 0.4) is 0 Å². The molecule has 106 valence electrons. The fourth-order valence-corrected chi connectivity index (χ4v) is 4.85. The van der Waals surface area contributed by atoms with Gasteiger partial charge in [-0.1, -0.05) is 18.7 Å². The zero-order valence-corrected chi connectivity index (χ0v) is 13.1. The van der Waals surface area contributed by atoms with Crippen molar-refractivity contribution < 1.29 is 9.90 Å². The summed E-state index contributed by atoms with van der Waals surface area (Å²) in [6.07, 6.45) is 4.89. The number of aryl methyl sites for hydroxylation is 1. The Bertz CT molecular complexity index is 668. The molecule has 0 spiro atoms. The molecule has 6 heteroatoms. The number of rotatable bonds is 3. The molecule has 0 fully saturated rings. The highest BCUT2D eigenvalue weighted by Gasteiger charge is 2.24. The van der Waals surface area contributed by atoms with Crippen molar-refractivity contribution in [2.75, 3.05) is 0 Å². The third-order valence-corrected chi connectivity index (χ3v) is 5.94. The Balaban J connectivity index is 2.07. The van der Waals surface area contributed by atoms with Gasteiger partial charge in [-0.2, -0.15) is 0 Å². The quantitative estimate of drug-likeness (QED) is 0.695. The minimum absolute atomic E-state index is 0.494. The number of thiophene rings is 1. The second-order valence-corrected chi connectivity index (χ2v) is 7.72. The number of carboxylic acid groups (broad SMARTS) is 1. The molecule has 3 rings (SSSR count). The molecule has 0 radical (unpaired) electrons. The summed E-state index contributed by atoms with van der Waals surface area (Å²) < 4.78 is 0. The summed E-state index contributed by atoms with van der Waals surface area (Å²) in [6, 6.07) is 0. The average Bonchev–Trinajstić information content (AvgIpc) is 2.76. The van der Waals surface area contributed by atoms with Crippen LogP contribution in [-0.2, 0) is 17.6 Å². The molecule has 1 aliphatic carbocycles. The van der Waals surface area contributed by atoms with Gasteiger partial charge in [-0.15, -0.1) is 11.3 Å². The van der Waals surface area contributed by atoms with Crippen LogP contribution in [0.1, 0.15) is 30.7 Å². The standard InChI is InChI=1S/C14H16N2O2S2/c1-7-3-4-9-10(5-7)20-13-11(9)12(15-6-16-13)19-8(2)14(17)18/h6-8H,3-5H2,1-2H3,(H,17,18)/t7-,8-/m0/s1. The van der Waals surface area contributed by atoms with Gasteiger partial charge in [-0.3, -0.25) is 4.79 Å². The number of fused-ring (bicyclic) bond motifs is 3. The molecule has 2 aromatic rings. The van der Waals surface area contributed by atoms with Gasteiger partial charge >= 0.3 is 5.97 Å². The van der Waals surface area contributed by atoms with Gasteiger partial charge in [0.2, 0.25) is 0 Å². The number of aliphatic carboxylic acids is 1. The Kier molecular flexibility index (Phi) is 3.69. The van der Waals surface area contributed by atoms with E-state index in [-0.39, 0.29) is 0 Å². The van der Waals surface area contributed by atoms with Crippen molar-refractivity contribution in [1.29, 1.82) is 0 Å². The molecular formula is C14H16N2O2S2. The first-order chi connectivity index (χ1) is 9.56. The van der Waals surface area contributed by atoms with Crippen LogP contribution in [0.4, 0.5) is 0 Å². The van der Waals surface area contributed by atoms with Crippen LogP contribution in [0, 0.1) is 5.92 Å². The molecule has 0 aromatic carbocycles. The van der Waals surface area contributed by atoms with E-state index in [9.17, 15) is 4.79 Å². The molecule has 0 unspecified atom stereocenters. The van der Waals surface area contributed by atoms with Crippen LogP contribution in [0.2, 0.25) is 0 Å². The number of nitrogens with zero attached hydrogens (tertiary/aromatic N) is 2. The fraction of sp³-hybridized carbons (Fsp3) is 0.500. The minimum atomic E-state index is -0.806. The van der Waals surface area contributed by atoms with Crippen molar-refractivity contribution in [3.05, 3.63) is 16.8 Å². The second-order valence-electron chi connectivity index (χ2n) is 5.31. The maximum Gasteiger partial charge on any atom is 0.316 e. The van der Waals surface area contributed by atoms with E-state index in [4.69, 9.17) is 5.11 Å². The Labute approximate surface area is 125 Å². The van der Waals surface area contributed by atoms with Gasteiger partial charge in [0.15, 0.2) is 0 Å². The Hall–Kier alpha value is -1.14. The van der Waals surface area contributed by atoms with E-state index in [2.05, 4.69) is 16.9 Å². The van der Waals surface area contributed by atoms with E-state index in [0.717, 1.165) is 34.0 Å². The zero-order valence-electron chi connectivity index (χ0n) is 11.4. The molecule has 0 aliphatic heterocycles. The first-order valence-corrected chi connectivity index (χ1v) is 8.40. The molecule has 2 atom stereocenters. The predicted molar refractivity (Wildman–Crippen MR) is 81.6 cm³/mol. The maximum absolute atomic E-state index is 11.0. The molecule has 0 saturated carbocycles. The van der Waals surface area contributed by atoms with Crippen molar-refractivity contribution in [1.82, 2.24) is 9.97 Å². The minimum Gasteiger partial charge on any atom is -0.480 e. The van der Waals surface area contributed by atoms with Gasteiger partial charge in [0, 0.05) is 10.3 Å². The lowest BCUT2D eigenvalue weighted by atomic mass is 9.89. The van der Waals surface area contributed by atoms with Crippen molar-refractivity contribution in [2.45, 2.75) is 43.4 Å². The fourth-order valence-electron chi connectivity index (χ4n) is 2.55. The highest BCUT2D eigenvalue weighted by Crippen LogP contribution is 2.41. The van der Waals surface area contributed by atoms with E-state index in [1.54, 1.807) is 24.6 Å². The maximum atomic E-state index is 11.0. The second kappa shape index (κ2) is 5.33. The van der Waals surface area contributed by atoms with Crippen LogP contribution in [0.25, 0.3) is 10.2 Å². The average molecular weight is 308 g/mol. The molecular weight excluding hydrogens is 292 g/mol. The SMILES string of the molecule is C[C@H]1CCc2c(sc3ncnc(S[C@@H](C)C(=O)O)c23)C1. The van der Waals surface area contributed by atoms with E-state index in [0.29, 0.717) is 0 Å². The lowest BCUT2D eigenvalue weighted by Crippen LogP contribution is -2.12. The molecule has 2 aromatic heterocycles. The van der Waals surface area contributed by atoms with Crippen LogP contribution >= 0.6 is 23.1 Å². The molecule has 2 heterocycles. The molecule has 4 nitrogen and oxygen atoms in total. The molecule has 1 N–H and O–H groups in total. The van der Waals surface area contributed by atoms with Crippen molar-refractivity contribution in [3.63, 3.8) is 0 Å². The predicted octanol–water partition coefficient (Wildman–Crippen LogP) is 3.38. The zero-order chi connectivity index (χ0) is 14.3. The number of aromatic nitrogens is 2. The Morgan fingerprint density at radius 2 is 2.35 bits per heavy atom. The lowest BCUT2D eigenvalue weighted by Gasteiger charge is -2.18. The first-order valence-electron chi connectivity index (χ1n) is 6.71. The number of carboxylic acids is 1. The van der Waals surface area contributed by atoms with E-state index in [1.165, 1.54) is 28.6 Å². The number of thioether (sulfide) groups is 1. The summed E-state index contributed by atoms with van der Waals surface area (Å²) in [5.74, 6) is -0.0861. The monoisotopic (exact) mass is 308 g/mol. The highest BCUT2D eigenvalue weighted by molar-refractivity contribution is 8.00. The van der Waals surface area contributed by atoms with E-state index >= 15 is 0 Å². The van der Waals surface area contributed by atoms with Gasteiger partial charge < -0.3 is 5.11 Å². The van der Waals surface area contributed by atoms with Gasteiger partial charge in [0.1, 0.15) is 21.4 Å². The number of carbonyl (C=O) groups is 1. The summed E-state index contributed by atoms with van der Waals surface area (Å²) in [7, 11) is 0. The Morgan fingerprint density at radius 1 is 1.55 bits per heavy atom. The van der Waals surface area contributed by atoms with Crippen molar-refractivity contribution >= 4 is 39.3 Å². The van der Waals surface area contributed by atoms with Crippen LogP contribution < -0.4 is 0 Å². The summed E-state index contributed by atoms with van der Waals surface area (Å²) in [5.41, 5.74) is 1.35. The van der Waals surface area contributed by atoms with Gasteiger partial charge in [-0.25, -0.2) is 9.97 Å². The molecule has 20 heavy (non-hydrogen) atoms. The molecule has 0 amide bonds. The van der Waals surface area contributed by atoms with Crippen LogP contribution in [0.15, 0.2) is 11.4 Å². The third kappa shape index (κ3) is 2.42. The third-order valence-electron chi connectivity index (χ3n) is 3.69. The highest BCUT2D eigenvalue weighted by atomic mass is 32.2. The smallest absolute Gasteiger partial charge is 0.316 e. The summed E-state index contributed by atoms with van der Waals surface area (Å²) >= 11 is 3.06. The molecule has 0 saturated heterocycles. The lowest BCUT2D eigenvalue weighted by molar-refractivity contribution is -0.136. The number of hydrogen-bond acceptors (Lipinski definition) is 5. The summed E-state index contributed by atoms with van der Waals surface area (Å²) in [4.78, 5) is 22.1. The van der Waals surface area contributed by atoms with Gasteiger partial charge in [-0.05, 0) is 37.7 Å². The molecule has 0 bridgehead atoms. The van der Waals surface area contributed by atoms with Crippen molar-refractivity contribution in [2.24, 2.45) is 5.92 Å². The van der Waals surface area contributed by atoms with Crippen LogP contribution in [0.5, 0.6) is 0 Å². The normalized spacial score (nSPS) is 19.8. The summed E-state index contributed by atoms with van der Waals surface area (Å²) in [6.45, 7) is 3.98. The van der Waals surface area contributed by atoms with Gasteiger partial charge in [0.25, 0.3) is 0 Å². The molecule has 1 aliphatic rings. The van der Waals surface area contributed by atoms with Crippen molar-refractivity contribution in [3.8, 4) is 0 Å². The van der Waals surface area contributed by atoms with E-state index < -0.39 is 11.2 Å². The first kappa shape index (κ1) is 13.8. The van der Waals surface area contributed by atoms with E-state index in [1.807, 2.05) is 0 Å². The van der Waals surface area contributed by atoms with Crippen LogP contribution in [-0.4, -0.2) is 26.3 Å². The number of hydrogen-bond donors (Lipinski definition) is 1. The Morgan fingerprint density at radius 3 is 3.10 bits per heavy atom.